The van der Waals surface area contributed by atoms with Crippen LogP contribution in [-0.4, -0.2) is 33.9 Å². The number of nitrogens with one attached hydrogen (secondary N) is 1. The molecule has 1 saturated carbocycles. The van der Waals surface area contributed by atoms with Gasteiger partial charge in [-0.3, -0.25) is 4.79 Å². The fraction of sp³-hybridized carbons (Fsp3) is 0.529. The van der Waals surface area contributed by atoms with Gasteiger partial charge >= 0.3 is 0 Å². The van der Waals surface area contributed by atoms with Gasteiger partial charge in [0.2, 0.25) is 5.91 Å². The number of fused-ring (bicyclic) bond motifs is 1. The first-order valence-corrected chi connectivity index (χ1v) is 7.95. The zero-order valence-corrected chi connectivity index (χ0v) is 12.4. The fourth-order valence-corrected chi connectivity index (χ4v) is 3.63. The third kappa shape index (κ3) is 2.23. The Morgan fingerprint density at radius 3 is 2.86 bits per heavy atom. The van der Waals surface area contributed by atoms with Gasteiger partial charge in [0, 0.05) is 36.8 Å². The quantitative estimate of drug-likeness (QED) is 0.921. The zero-order valence-electron chi connectivity index (χ0n) is 12.4. The second-order valence-electron chi connectivity index (χ2n) is 6.56. The second kappa shape index (κ2) is 4.86. The predicted octanol–water partition coefficient (Wildman–Crippen LogP) is 2.92. The van der Waals surface area contributed by atoms with Gasteiger partial charge in [-0.15, -0.1) is 0 Å². The molecule has 4 nitrogen and oxygen atoms in total. The standard InChI is InChI=1S/C17H21N3O/c1-11-9-14(11)17(21)20-7-4-12(5-8-20)15-10-19-16-13(15)3-2-6-18-16/h2-3,6,10-12,14H,4-5,7-9H2,1H3,(H,18,19). The highest BCUT2D eigenvalue weighted by atomic mass is 16.2. The van der Waals surface area contributed by atoms with E-state index in [1.807, 2.05) is 12.3 Å². The maximum absolute atomic E-state index is 12.3. The van der Waals surface area contributed by atoms with E-state index >= 15 is 0 Å². The predicted molar refractivity (Wildman–Crippen MR) is 81.9 cm³/mol. The van der Waals surface area contributed by atoms with Crippen LogP contribution in [0.1, 0.15) is 37.7 Å². The lowest BCUT2D eigenvalue weighted by Crippen LogP contribution is -2.39. The van der Waals surface area contributed by atoms with Crippen molar-refractivity contribution in [2.45, 2.75) is 32.1 Å². The molecular weight excluding hydrogens is 262 g/mol. The average Bonchev–Trinajstić information content (AvgIpc) is 3.10. The van der Waals surface area contributed by atoms with Crippen LogP contribution in [0.15, 0.2) is 24.5 Å². The minimum Gasteiger partial charge on any atom is -0.346 e. The van der Waals surface area contributed by atoms with E-state index in [2.05, 4.69) is 34.1 Å². The van der Waals surface area contributed by atoms with Crippen LogP contribution < -0.4 is 0 Å². The number of carbonyl (C=O) groups excluding carboxylic acids is 1. The van der Waals surface area contributed by atoms with Gasteiger partial charge in [-0.2, -0.15) is 0 Å². The number of hydrogen-bond acceptors (Lipinski definition) is 2. The van der Waals surface area contributed by atoms with Crippen LogP contribution in [0.4, 0.5) is 0 Å². The van der Waals surface area contributed by atoms with Gasteiger partial charge in [0.15, 0.2) is 0 Å². The topological polar surface area (TPSA) is 49.0 Å². The minimum atomic E-state index is 0.318. The summed E-state index contributed by atoms with van der Waals surface area (Å²) in [6.07, 6.45) is 7.14. The third-order valence-corrected chi connectivity index (χ3v) is 5.16. The number of carbonyl (C=O) groups is 1. The molecule has 0 bridgehead atoms. The van der Waals surface area contributed by atoms with E-state index in [0.717, 1.165) is 38.0 Å². The lowest BCUT2D eigenvalue weighted by atomic mass is 9.89. The van der Waals surface area contributed by atoms with E-state index in [1.165, 1.54) is 10.9 Å². The number of rotatable bonds is 2. The number of piperidine rings is 1. The highest BCUT2D eigenvalue weighted by Crippen LogP contribution is 2.40. The van der Waals surface area contributed by atoms with Gasteiger partial charge in [-0.05, 0) is 48.8 Å². The summed E-state index contributed by atoms with van der Waals surface area (Å²) in [4.78, 5) is 22.0. The Kier molecular flexibility index (Phi) is 2.98. The molecule has 3 heterocycles. The molecule has 110 valence electrons. The van der Waals surface area contributed by atoms with E-state index < -0.39 is 0 Å². The number of amides is 1. The molecule has 1 N–H and O–H groups in total. The molecule has 1 saturated heterocycles. The molecular formula is C17H21N3O. The van der Waals surface area contributed by atoms with Crippen molar-refractivity contribution in [1.82, 2.24) is 14.9 Å². The Balaban J connectivity index is 1.46. The number of pyridine rings is 1. The van der Waals surface area contributed by atoms with Crippen LogP contribution in [0.2, 0.25) is 0 Å². The summed E-state index contributed by atoms with van der Waals surface area (Å²) < 4.78 is 0. The molecule has 2 atom stereocenters. The summed E-state index contributed by atoms with van der Waals surface area (Å²) in [6.45, 7) is 3.98. The molecule has 2 aromatic rings. The molecule has 4 rings (SSSR count). The zero-order chi connectivity index (χ0) is 14.4. The van der Waals surface area contributed by atoms with Crippen LogP contribution in [0.5, 0.6) is 0 Å². The van der Waals surface area contributed by atoms with Gasteiger partial charge in [0.05, 0.1) is 0 Å². The number of nitrogens with zero attached hydrogens (tertiary/aromatic N) is 2. The third-order valence-electron chi connectivity index (χ3n) is 5.16. The van der Waals surface area contributed by atoms with Gasteiger partial charge in [0.25, 0.3) is 0 Å². The largest absolute Gasteiger partial charge is 0.346 e. The van der Waals surface area contributed by atoms with E-state index in [-0.39, 0.29) is 0 Å². The molecule has 21 heavy (non-hydrogen) atoms. The average molecular weight is 283 g/mol. The Hall–Kier alpha value is -1.84. The summed E-state index contributed by atoms with van der Waals surface area (Å²) >= 11 is 0. The molecule has 1 amide bonds. The van der Waals surface area contributed by atoms with E-state index in [1.54, 1.807) is 0 Å². The molecule has 4 heteroatoms. The van der Waals surface area contributed by atoms with Crippen molar-refractivity contribution in [2.75, 3.05) is 13.1 Å². The van der Waals surface area contributed by atoms with Crippen molar-refractivity contribution in [2.24, 2.45) is 11.8 Å². The first-order chi connectivity index (χ1) is 10.2. The van der Waals surface area contributed by atoms with Crippen LogP contribution in [0, 0.1) is 11.8 Å². The van der Waals surface area contributed by atoms with Crippen LogP contribution >= 0.6 is 0 Å². The van der Waals surface area contributed by atoms with Crippen molar-refractivity contribution in [1.29, 1.82) is 0 Å². The fourth-order valence-electron chi connectivity index (χ4n) is 3.63. The molecule has 0 radical (unpaired) electrons. The molecule has 2 aromatic heterocycles. The highest BCUT2D eigenvalue weighted by Gasteiger charge is 2.42. The summed E-state index contributed by atoms with van der Waals surface area (Å²) in [5, 5.41) is 1.23. The molecule has 2 aliphatic rings. The van der Waals surface area contributed by atoms with Gasteiger partial charge in [-0.1, -0.05) is 6.92 Å². The number of likely N-dealkylation sites (tertiary alicyclic amines) is 1. The number of aromatic nitrogens is 2. The molecule has 0 spiro atoms. The maximum Gasteiger partial charge on any atom is 0.225 e. The van der Waals surface area contributed by atoms with Crippen LogP contribution in [0.25, 0.3) is 11.0 Å². The lowest BCUT2D eigenvalue weighted by molar-refractivity contribution is -0.133. The highest BCUT2D eigenvalue weighted by molar-refractivity contribution is 5.82. The second-order valence-corrected chi connectivity index (χ2v) is 6.56. The van der Waals surface area contributed by atoms with Crippen LogP contribution in [-0.2, 0) is 4.79 Å². The van der Waals surface area contributed by atoms with E-state index in [9.17, 15) is 4.79 Å². The molecule has 1 aliphatic carbocycles. The smallest absolute Gasteiger partial charge is 0.225 e. The van der Waals surface area contributed by atoms with Crippen molar-refractivity contribution in [3.8, 4) is 0 Å². The SMILES string of the molecule is CC1CC1C(=O)N1CCC(c2c[nH]c3ncccc23)CC1. The van der Waals surface area contributed by atoms with E-state index in [0.29, 0.717) is 23.7 Å². The summed E-state index contributed by atoms with van der Waals surface area (Å²) in [5.41, 5.74) is 2.34. The van der Waals surface area contributed by atoms with Gasteiger partial charge in [-0.25, -0.2) is 4.98 Å². The summed E-state index contributed by atoms with van der Waals surface area (Å²) in [6, 6.07) is 4.13. The molecule has 2 fully saturated rings. The van der Waals surface area contributed by atoms with Crippen molar-refractivity contribution < 1.29 is 4.79 Å². The molecule has 2 unspecified atom stereocenters. The lowest BCUT2D eigenvalue weighted by Gasteiger charge is -2.32. The van der Waals surface area contributed by atoms with Crippen LogP contribution in [0.3, 0.4) is 0 Å². The monoisotopic (exact) mass is 283 g/mol. The Morgan fingerprint density at radius 2 is 2.14 bits per heavy atom. The van der Waals surface area contributed by atoms with Gasteiger partial charge < -0.3 is 9.88 Å². The number of aromatic amines is 1. The Labute approximate surface area is 124 Å². The number of hydrogen-bond donors (Lipinski definition) is 1. The van der Waals surface area contributed by atoms with Crippen molar-refractivity contribution in [3.63, 3.8) is 0 Å². The molecule has 0 aromatic carbocycles. The molecule has 1 aliphatic heterocycles. The van der Waals surface area contributed by atoms with Gasteiger partial charge in [0.1, 0.15) is 5.65 Å². The maximum atomic E-state index is 12.3. The minimum absolute atomic E-state index is 0.318. The summed E-state index contributed by atoms with van der Waals surface area (Å²) in [7, 11) is 0. The Morgan fingerprint density at radius 1 is 1.38 bits per heavy atom. The van der Waals surface area contributed by atoms with Crippen molar-refractivity contribution in [3.05, 3.63) is 30.1 Å². The first kappa shape index (κ1) is 12.9. The number of H-pyrrole nitrogens is 1. The summed E-state index contributed by atoms with van der Waals surface area (Å²) in [5.74, 6) is 1.86. The Bertz CT molecular complexity index is 669. The normalized spacial score (nSPS) is 26.2. The van der Waals surface area contributed by atoms with Crippen molar-refractivity contribution >= 4 is 16.9 Å². The van der Waals surface area contributed by atoms with E-state index in [4.69, 9.17) is 0 Å². The first-order valence-electron chi connectivity index (χ1n) is 7.95.